The molecule has 1 saturated carbocycles. The maximum Gasteiger partial charge on any atom is 0.415 e. The Kier molecular flexibility index (Phi) is 3.53. The van der Waals surface area contributed by atoms with Gasteiger partial charge in [-0.2, -0.15) is 0 Å². The van der Waals surface area contributed by atoms with E-state index >= 15 is 0 Å². The molecule has 0 spiro atoms. The molecule has 1 aromatic rings. The van der Waals surface area contributed by atoms with E-state index in [0.29, 0.717) is 5.02 Å². The van der Waals surface area contributed by atoms with Gasteiger partial charge in [-0.25, -0.2) is 4.79 Å². The predicted octanol–water partition coefficient (Wildman–Crippen LogP) is 4.24. The first-order valence-corrected chi connectivity index (χ1v) is 6.52. The quantitative estimate of drug-likeness (QED) is 0.802. The van der Waals surface area contributed by atoms with Crippen LogP contribution in [0.5, 0.6) is 0 Å². The molecule has 1 aliphatic rings. The molecule has 1 aromatic carbocycles. The number of halogens is 1. The highest BCUT2D eigenvalue weighted by Crippen LogP contribution is 2.34. The van der Waals surface area contributed by atoms with Crippen molar-refractivity contribution in [2.24, 2.45) is 0 Å². The fourth-order valence-corrected chi connectivity index (χ4v) is 1.92. The molecule has 0 bridgehead atoms. The summed E-state index contributed by atoms with van der Waals surface area (Å²) in [6.45, 7) is 5.61. The van der Waals surface area contributed by atoms with Crippen molar-refractivity contribution in [3.05, 3.63) is 29.3 Å². The van der Waals surface area contributed by atoms with E-state index in [4.69, 9.17) is 16.3 Å². The second-order valence-electron chi connectivity index (χ2n) is 5.56. The Morgan fingerprint density at radius 2 is 2.06 bits per heavy atom. The summed E-state index contributed by atoms with van der Waals surface area (Å²) >= 11 is 5.97. The number of benzene rings is 1. The SMILES string of the molecule is CC(C)(C)OC(=O)N(c1cccc(Cl)c1)C1CC1. The zero-order valence-corrected chi connectivity index (χ0v) is 11.7. The van der Waals surface area contributed by atoms with Crippen LogP contribution >= 0.6 is 11.6 Å². The topological polar surface area (TPSA) is 29.5 Å². The molecule has 0 heterocycles. The van der Waals surface area contributed by atoms with Gasteiger partial charge in [-0.3, -0.25) is 4.90 Å². The minimum atomic E-state index is -0.483. The molecular weight excluding hydrogens is 250 g/mol. The maximum absolute atomic E-state index is 12.2. The lowest BCUT2D eigenvalue weighted by atomic mass is 10.2. The summed E-state index contributed by atoms with van der Waals surface area (Å²) in [5.74, 6) is 0. The van der Waals surface area contributed by atoms with Gasteiger partial charge in [-0.15, -0.1) is 0 Å². The monoisotopic (exact) mass is 267 g/mol. The van der Waals surface area contributed by atoms with E-state index in [-0.39, 0.29) is 12.1 Å². The van der Waals surface area contributed by atoms with Crippen LogP contribution in [0.1, 0.15) is 33.6 Å². The van der Waals surface area contributed by atoms with Crippen molar-refractivity contribution in [3.63, 3.8) is 0 Å². The second-order valence-corrected chi connectivity index (χ2v) is 6.00. The summed E-state index contributed by atoms with van der Waals surface area (Å²) < 4.78 is 5.44. The molecule has 0 N–H and O–H groups in total. The lowest BCUT2D eigenvalue weighted by Crippen LogP contribution is -2.38. The Morgan fingerprint density at radius 1 is 1.39 bits per heavy atom. The minimum absolute atomic E-state index is 0.248. The summed E-state index contributed by atoms with van der Waals surface area (Å²) in [5, 5.41) is 0.627. The first kappa shape index (κ1) is 13.2. The van der Waals surface area contributed by atoms with Crippen LogP contribution in [-0.4, -0.2) is 17.7 Å². The standard InChI is InChI=1S/C14H18ClNO2/c1-14(2,3)18-13(17)16(11-7-8-11)12-6-4-5-10(15)9-12/h4-6,9,11H,7-8H2,1-3H3. The largest absolute Gasteiger partial charge is 0.443 e. The van der Waals surface area contributed by atoms with Crippen LogP contribution in [0, 0.1) is 0 Å². The molecule has 0 unspecified atom stereocenters. The molecule has 3 nitrogen and oxygen atoms in total. The van der Waals surface area contributed by atoms with Crippen molar-refractivity contribution in [2.45, 2.75) is 45.3 Å². The Hall–Kier alpha value is -1.22. The molecule has 1 aliphatic carbocycles. The number of hydrogen-bond donors (Lipinski definition) is 0. The number of nitrogens with zero attached hydrogens (tertiary/aromatic N) is 1. The van der Waals surface area contributed by atoms with Crippen molar-refractivity contribution in [3.8, 4) is 0 Å². The van der Waals surface area contributed by atoms with Crippen LogP contribution in [0.15, 0.2) is 24.3 Å². The molecule has 0 saturated heterocycles. The van der Waals surface area contributed by atoms with E-state index in [9.17, 15) is 4.79 Å². The highest BCUT2D eigenvalue weighted by atomic mass is 35.5. The van der Waals surface area contributed by atoms with Crippen LogP contribution in [0.3, 0.4) is 0 Å². The highest BCUT2D eigenvalue weighted by Gasteiger charge is 2.36. The number of carbonyl (C=O) groups excluding carboxylic acids is 1. The van der Waals surface area contributed by atoms with E-state index in [0.717, 1.165) is 18.5 Å². The molecule has 0 aliphatic heterocycles. The zero-order chi connectivity index (χ0) is 13.3. The fourth-order valence-electron chi connectivity index (χ4n) is 1.74. The average Bonchev–Trinajstić information content (AvgIpc) is 2.99. The number of rotatable bonds is 2. The van der Waals surface area contributed by atoms with Gasteiger partial charge in [0.05, 0.1) is 0 Å². The molecule has 0 aromatic heterocycles. The van der Waals surface area contributed by atoms with Crippen molar-refractivity contribution in [1.82, 2.24) is 0 Å². The van der Waals surface area contributed by atoms with E-state index in [1.807, 2.05) is 32.9 Å². The summed E-state index contributed by atoms with van der Waals surface area (Å²) in [5.41, 5.74) is 0.322. The van der Waals surface area contributed by atoms with Crippen molar-refractivity contribution >= 4 is 23.4 Å². The minimum Gasteiger partial charge on any atom is -0.443 e. The van der Waals surface area contributed by atoms with Gasteiger partial charge >= 0.3 is 6.09 Å². The molecule has 1 amide bonds. The zero-order valence-electron chi connectivity index (χ0n) is 10.9. The normalized spacial score (nSPS) is 15.3. The smallest absolute Gasteiger partial charge is 0.415 e. The van der Waals surface area contributed by atoms with Crippen molar-refractivity contribution < 1.29 is 9.53 Å². The third-order valence-corrected chi connectivity index (χ3v) is 2.82. The van der Waals surface area contributed by atoms with Gasteiger partial charge in [-0.05, 0) is 51.8 Å². The molecule has 18 heavy (non-hydrogen) atoms. The van der Waals surface area contributed by atoms with E-state index in [2.05, 4.69) is 0 Å². The summed E-state index contributed by atoms with van der Waals surface area (Å²) in [7, 11) is 0. The van der Waals surface area contributed by atoms with E-state index in [1.54, 1.807) is 17.0 Å². The summed E-state index contributed by atoms with van der Waals surface area (Å²) in [6, 6.07) is 7.57. The fraction of sp³-hybridized carbons (Fsp3) is 0.500. The van der Waals surface area contributed by atoms with Crippen LogP contribution in [-0.2, 0) is 4.74 Å². The van der Waals surface area contributed by atoms with E-state index in [1.165, 1.54) is 0 Å². The van der Waals surface area contributed by atoms with Gasteiger partial charge in [0.15, 0.2) is 0 Å². The highest BCUT2D eigenvalue weighted by molar-refractivity contribution is 6.30. The van der Waals surface area contributed by atoms with Crippen LogP contribution in [0.2, 0.25) is 5.02 Å². The Labute approximate surface area is 113 Å². The van der Waals surface area contributed by atoms with Crippen molar-refractivity contribution in [1.29, 1.82) is 0 Å². The first-order chi connectivity index (χ1) is 8.37. The predicted molar refractivity (Wildman–Crippen MR) is 73.2 cm³/mol. The van der Waals surface area contributed by atoms with Crippen LogP contribution < -0.4 is 4.90 Å². The molecule has 98 valence electrons. The molecular formula is C14H18ClNO2. The van der Waals surface area contributed by atoms with Gasteiger partial charge in [0, 0.05) is 16.8 Å². The lowest BCUT2D eigenvalue weighted by Gasteiger charge is -2.27. The molecule has 2 rings (SSSR count). The van der Waals surface area contributed by atoms with Gasteiger partial charge in [0.25, 0.3) is 0 Å². The summed E-state index contributed by atoms with van der Waals surface area (Å²) in [6.07, 6.45) is 1.74. The van der Waals surface area contributed by atoms with Crippen molar-refractivity contribution in [2.75, 3.05) is 4.90 Å². The van der Waals surface area contributed by atoms with Crippen LogP contribution in [0.4, 0.5) is 10.5 Å². The van der Waals surface area contributed by atoms with Gasteiger partial charge in [0.2, 0.25) is 0 Å². The average molecular weight is 268 g/mol. The molecule has 0 atom stereocenters. The van der Waals surface area contributed by atoms with Gasteiger partial charge < -0.3 is 4.74 Å². The Bertz CT molecular complexity index is 449. The number of ether oxygens (including phenoxy) is 1. The van der Waals surface area contributed by atoms with Gasteiger partial charge in [-0.1, -0.05) is 17.7 Å². The molecule has 1 fully saturated rings. The second kappa shape index (κ2) is 4.81. The lowest BCUT2D eigenvalue weighted by molar-refractivity contribution is 0.0578. The summed E-state index contributed by atoms with van der Waals surface area (Å²) in [4.78, 5) is 13.9. The molecule has 4 heteroatoms. The Morgan fingerprint density at radius 3 is 2.56 bits per heavy atom. The van der Waals surface area contributed by atoms with E-state index < -0.39 is 5.60 Å². The number of carbonyl (C=O) groups is 1. The van der Waals surface area contributed by atoms with Crippen LogP contribution in [0.25, 0.3) is 0 Å². The number of hydrogen-bond acceptors (Lipinski definition) is 2. The van der Waals surface area contributed by atoms with Gasteiger partial charge in [0.1, 0.15) is 5.60 Å². The first-order valence-electron chi connectivity index (χ1n) is 6.14. The third-order valence-electron chi connectivity index (χ3n) is 2.59. The maximum atomic E-state index is 12.2. The number of anilines is 1. The third kappa shape index (κ3) is 3.39. The Balaban J connectivity index is 2.21. The molecule has 0 radical (unpaired) electrons. The number of amides is 1.